The fraction of sp³-hybridized carbons (Fsp3) is 0.364. The number of nitro benzene ring substituents is 1. The lowest BCUT2D eigenvalue weighted by molar-refractivity contribution is -0.385. The molecule has 0 aliphatic carbocycles. The average molecular weight is 291 g/mol. The van der Waals surface area contributed by atoms with Gasteiger partial charge in [0.2, 0.25) is 0 Å². The van der Waals surface area contributed by atoms with Gasteiger partial charge in [-0.1, -0.05) is 0 Å². The molecule has 110 valence electrons. The largest absolute Gasteiger partial charge is 0.399 e. The molecule has 3 N–H and O–H groups in total. The first-order chi connectivity index (χ1) is 9.10. The summed E-state index contributed by atoms with van der Waals surface area (Å²) < 4.78 is 36.5. The Balaban J connectivity index is 2.92. The molecule has 0 bridgehead atoms. The van der Waals surface area contributed by atoms with Gasteiger partial charge in [-0.25, -0.2) is 0 Å². The number of nitrogens with zero attached hydrogens (tertiary/aromatic N) is 1. The maximum atomic E-state index is 12.2. The highest BCUT2D eigenvalue weighted by Gasteiger charge is 2.31. The van der Waals surface area contributed by atoms with Crippen LogP contribution in [0.1, 0.15) is 23.7 Å². The van der Waals surface area contributed by atoms with Crippen molar-refractivity contribution in [3.8, 4) is 0 Å². The highest BCUT2D eigenvalue weighted by Crippen LogP contribution is 2.23. The molecule has 0 saturated carbocycles. The lowest BCUT2D eigenvalue weighted by Crippen LogP contribution is -2.36. The summed E-state index contributed by atoms with van der Waals surface area (Å²) in [6.07, 6.45) is -5.66. The van der Waals surface area contributed by atoms with Crippen LogP contribution in [-0.4, -0.2) is 23.0 Å². The van der Waals surface area contributed by atoms with E-state index in [0.29, 0.717) is 0 Å². The first-order valence-corrected chi connectivity index (χ1v) is 5.51. The number of carbonyl (C=O) groups is 1. The van der Waals surface area contributed by atoms with Crippen molar-refractivity contribution in [3.05, 3.63) is 33.9 Å². The van der Waals surface area contributed by atoms with Crippen molar-refractivity contribution in [1.82, 2.24) is 5.32 Å². The van der Waals surface area contributed by atoms with Gasteiger partial charge in [-0.05, 0) is 19.1 Å². The molecule has 1 aromatic rings. The molecule has 0 fully saturated rings. The van der Waals surface area contributed by atoms with Gasteiger partial charge >= 0.3 is 6.18 Å². The van der Waals surface area contributed by atoms with E-state index in [1.165, 1.54) is 6.07 Å². The quantitative estimate of drug-likeness (QED) is 0.505. The van der Waals surface area contributed by atoms with E-state index >= 15 is 0 Å². The summed E-state index contributed by atoms with van der Waals surface area (Å²) >= 11 is 0. The minimum Gasteiger partial charge on any atom is -0.399 e. The molecule has 1 unspecified atom stereocenters. The van der Waals surface area contributed by atoms with Crippen LogP contribution < -0.4 is 11.1 Å². The average Bonchev–Trinajstić information content (AvgIpc) is 2.25. The van der Waals surface area contributed by atoms with Gasteiger partial charge in [0, 0.05) is 17.8 Å². The summed E-state index contributed by atoms with van der Waals surface area (Å²) in [6, 6.07) is 2.10. The van der Waals surface area contributed by atoms with E-state index in [9.17, 15) is 28.1 Å². The molecule has 6 nitrogen and oxygen atoms in total. The Bertz CT molecular complexity index is 531. The monoisotopic (exact) mass is 291 g/mol. The van der Waals surface area contributed by atoms with E-state index in [0.717, 1.165) is 19.1 Å². The van der Waals surface area contributed by atoms with Gasteiger partial charge in [0.1, 0.15) is 5.56 Å². The minimum absolute atomic E-state index is 0.101. The number of nitrogen functional groups attached to an aromatic ring is 1. The number of benzene rings is 1. The maximum absolute atomic E-state index is 12.2. The Morgan fingerprint density at radius 3 is 2.60 bits per heavy atom. The molecule has 0 radical (unpaired) electrons. The second-order valence-electron chi connectivity index (χ2n) is 4.23. The molecular weight excluding hydrogens is 279 g/mol. The predicted octanol–water partition coefficient (Wildman–Crippen LogP) is 2.25. The zero-order valence-electron chi connectivity index (χ0n) is 10.4. The number of amides is 1. The van der Waals surface area contributed by atoms with Crippen molar-refractivity contribution in [2.75, 3.05) is 5.73 Å². The third kappa shape index (κ3) is 4.41. The van der Waals surface area contributed by atoms with Gasteiger partial charge in [-0.15, -0.1) is 0 Å². The zero-order chi connectivity index (χ0) is 15.5. The number of nitrogens with two attached hydrogens (primary N) is 1. The summed E-state index contributed by atoms with van der Waals surface area (Å²) in [6.45, 7) is 1.16. The molecule has 1 aromatic carbocycles. The standard InChI is InChI=1S/C11H12F3N3O3/c1-6(5-11(12,13)14)16-10(18)8-4-7(15)2-3-9(8)17(19)20/h2-4,6H,5,15H2,1H3,(H,16,18). The number of halogens is 3. The Kier molecular flexibility index (Phi) is 4.53. The molecule has 1 amide bonds. The third-order valence-corrected chi connectivity index (χ3v) is 2.38. The Morgan fingerprint density at radius 2 is 2.10 bits per heavy atom. The second-order valence-corrected chi connectivity index (χ2v) is 4.23. The SMILES string of the molecule is CC(CC(F)(F)F)NC(=O)c1cc(N)ccc1[N+](=O)[O-]. The molecule has 20 heavy (non-hydrogen) atoms. The molecule has 0 saturated heterocycles. The number of carbonyl (C=O) groups excluding carboxylic acids is 1. The molecule has 0 spiro atoms. The van der Waals surface area contributed by atoms with Crippen LogP contribution in [0.15, 0.2) is 18.2 Å². The summed E-state index contributed by atoms with van der Waals surface area (Å²) in [5.41, 5.74) is 4.63. The van der Waals surface area contributed by atoms with Crippen LogP contribution in [0.5, 0.6) is 0 Å². The van der Waals surface area contributed by atoms with Crippen LogP contribution >= 0.6 is 0 Å². The molecule has 0 aromatic heterocycles. The van der Waals surface area contributed by atoms with E-state index in [2.05, 4.69) is 5.32 Å². The van der Waals surface area contributed by atoms with Crippen LogP contribution in [0, 0.1) is 10.1 Å². The first kappa shape index (κ1) is 15.7. The second kappa shape index (κ2) is 5.76. The number of hydrogen-bond donors (Lipinski definition) is 2. The number of nitro groups is 1. The van der Waals surface area contributed by atoms with Gasteiger partial charge in [-0.2, -0.15) is 13.2 Å². The normalized spacial score (nSPS) is 12.8. The molecule has 1 atom stereocenters. The highest BCUT2D eigenvalue weighted by molar-refractivity contribution is 5.99. The minimum atomic E-state index is -4.44. The van der Waals surface area contributed by atoms with Crippen molar-refractivity contribution >= 4 is 17.3 Å². The summed E-state index contributed by atoms with van der Waals surface area (Å²) in [7, 11) is 0. The molecular formula is C11H12F3N3O3. The summed E-state index contributed by atoms with van der Waals surface area (Å²) in [5.74, 6) is -0.972. The molecule has 0 aliphatic rings. The topological polar surface area (TPSA) is 98.3 Å². The number of rotatable bonds is 4. The van der Waals surface area contributed by atoms with Gasteiger partial charge in [0.15, 0.2) is 0 Å². The Hall–Kier alpha value is -2.32. The number of anilines is 1. The number of hydrogen-bond acceptors (Lipinski definition) is 4. The van der Waals surface area contributed by atoms with Gasteiger partial charge in [0.25, 0.3) is 11.6 Å². The van der Waals surface area contributed by atoms with Gasteiger partial charge < -0.3 is 11.1 Å². The Labute approximate surface area is 111 Å². The number of alkyl halides is 3. The van der Waals surface area contributed by atoms with E-state index in [1.54, 1.807) is 0 Å². The highest BCUT2D eigenvalue weighted by atomic mass is 19.4. The molecule has 1 rings (SSSR count). The van der Waals surface area contributed by atoms with Crippen molar-refractivity contribution in [2.24, 2.45) is 0 Å². The van der Waals surface area contributed by atoms with Crippen LogP contribution in [0.25, 0.3) is 0 Å². The summed E-state index contributed by atoms with van der Waals surface area (Å²) in [4.78, 5) is 21.7. The zero-order valence-corrected chi connectivity index (χ0v) is 10.4. The predicted molar refractivity (Wildman–Crippen MR) is 65.1 cm³/mol. The fourth-order valence-electron chi connectivity index (χ4n) is 1.59. The molecule has 0 aliphatic heterocycles. The van der Waals surface area contributed by atoms with Gasteiger partial charge in [-0.3, -0.25) is 14.9 Å². The van der Waals surface area contributed by atoms with E-state index < -0.39 is 35.2 Å². The third-order valence-electron chi connectivity index (χ3n) is 2.38. The van der Waals surface area contributed by atoms with Crippen molar-refractivity contribution in [1.29, 1.82) is 0 Å². The lowest BCUT2D eigenvalue weighted by atomic mass is 10.1. The van der Waals surface area contributed by atoms with Gasteiger partial charge in [0.05, 0.1) is 11.3 Å². The maximum Gasteiger partial charge on any atom is 0.391 e. The van der Waals surface area contributed by atoms with Crippen molar-refractivity contribution < 1.29 is 22.9 Å². The molecule has 9 heteroatoms. The summed E-state index contributed by atoms with van der Waals surface area (Å²) in [5, 5.41) is 12.8. The van der Waals surface area contributed by atoms with E-state index in [1.807, 2.05) is 0 Å². The number of nitrogens with one attached hydrogen (secondary N) is 1. The van der Waals surface area contributed by atoms with Crippen LogP contribution in [0.3, 0.4) is 0 Å². The smallest absolute Gasteiger partial charge is 0.391 e. The van der Waals surface area contributed by atoms with Crippen molar-refractivity contribution in [3.63, 3.8) is 0 Å². The fourth-order valence-corrected chi connectivity index (χ4v) is 1.59. The van der Waals surface area contributed by atoms with Crippen molar-refractivity contribution in [2.45, 2.75) is 25.6 Å². The van der Waals surface area contributed by atoms with Crippen LogP contribution in [0.2, 0.25) is 0 Å². The Morgan fingerprint density at radius 1 is 1.50 bits per heavy atom. The van der Waals surface area contributed by atoms with Crippen LogP contribution in [-0.2, 0) is 0 Å². The lowest BCUT2D eigenvalue weighted by Gasteiger charge is -2.15. The molecule has 0 heterocycles. The van der Waals surface area contributed by atoms with Crippen LogP contribution in [0.4, 0.5) is 24.5 Å². The van der Waals surface area contributed by atoms with E-state index in [-0.39, 0.29) is 11.3 Å². The van der Waals surface area contributed by atoms with E-state index in [4.69, 9.17) is 5.73 Å². The first-order valence-electron chi connectivity index (χ1n) is 5.51.